The number of hydrogen-bond acceptors (Lipinski definition) is 6. The predicted octanol–water partition coefficient (Wildman–Crippen LogP) is 2.43. The van der Waals surface area contributed by atoms with E-state index in [1.807, 2.05) is 30.3 Å². The first-order chi connectivity index (χ1) is 13.6. The van der Waals surface area contributed by atoms with Crippen LogP contribution in [0.3, 0.4) is 0 Å². The lowest BCUT2D eigenvalue weighted by Gasteiger charge is -2.29. The van der Waals surface area contributed by atoms with Crippen LogP contribution < -0.4 is 15.6 Å². The van der Waals surface area contributed by atoms with Gasteiger partial charge >= 0.3 is 0 Å². The Kier molecular flexibility index (Phi) is 6.88. The fourth-order valence-electron chi connectivity index (χ4n) is 2.83. The molecule has 1 aliphatic heterocycles. The number of thiocarbonyl (C=S) groups is 1. The molecule has 0 radical (unpaired) electrons. The highest BCUT2D eigenvalue weighted by molar-refractivity contribution is 7.80. The van der Waals surface area contributed by atoms with Gasteiger partial charge in [-0.15, -0.1) is 0 Å². The van der Waals surface area contributed by atoms with Crippen LogP contribution in [0.4, 0.5) is 11.4 Å². The summed E-state index contributed by atoms with van der Waals surface area (Å²) in [6.45, 7) is 3.28. The lowest BCUT2D eigenvalue weighted by molar-refractivity contribution is -0.384. The standard InChI is InChI=1S/C19H21N5O3S/c25-24(26)17-6-7-18(23-8-10-27-11-9-23)16(12-17)14-21-22-19(28)20-13-15-4-2-1-3-5-15/h1-7,12,14H,8-11,13H2,(H2,20,22,28). The number of benzene rings is 2. The Bertz CT molecular complexity index is 854. The molecule has 0 spiro atoms. The van der Waals surface area contributed by atoms with Crippen LogP contribution in [0.1, 0.15) is 11.1 Å². The zero-order chi connectivity index (χ0) is 19.8. The van der Waals surface area contributed by atoms with Crippen LogP contribution >= 0.6 is 12.2 Å². The number of nitrogens with one attached hydrogen (secondary N) is 2. The second kappa shape index (κ2) is 9.77. The first kappa shape index (κ1) is 19.7. The van der Waals surface area contributed by atoms with Crippen LogP contribution in [0.15, 0.2) is 53.6 Å². The van der Waals surface area contributed by atoms with E-state index < -0.39 is 4.92 Å². The van der Waals surface area contributed by atoms with E-state index >= 15 is 0 Å². The first-order valence-electron chi connectivity index (χ1n) is 8.85. The molecule has 0 unspecified atom stereocenters. The van der Waals surface area contributed by atoms with Crippen LogP contribution in [-0.4, -0.2) is 42.6 Å². The fourth-order valence-corrected chi connectivity index (χ4v) is 2.95. The normalized spacial score (nSPS) is 14.1. The third-order valence-electron chi connectivity index (χ3n) is 4.24. The molecule has 1 fully saturated rings. The number of nitro benzene ring substituents is 1. The molecular formula is C19H21N5O3S. The van der Waals surface area contributed by atoms with Crippen molar-refractivity contribution in [3.05, 3.63) is 69.8 Å². The summed E-state index contributed by atoms with van der Waals surface area (Å²) in [6.07, 6.45) is 1.55. The molecule has 9 heteroatoms. The van der Waals surface area contributed by atoms with Gasteiger partial charge in [-0.2, -0.15) is 5.10 Å². The third-order valence-corrected chi connectivity index (χ3v) is 4.47. The second-order valence-electron chi connectivity index (χ2n) is 6.14. The molecular weight excluding hydrogens is 378 g/mol. The number of hydrogen-bond donors (Lipinski definition) is 2. The molecule has 0 aromatic heterocycles. The lowest BCUT2D eigenvalue weighted by Crippen LogP contribution is -2.36. The van der Waals surface area contributed by atoms with E-state index in [9.17, 15) is 10.1 Å². The predicted molar refractivity (Wildman–Crippen MR) is 113 cm³/mol. The van der Waals surface area contributed by atoms with Gasteiger partial charge in [0.2, 0.25) is 0 Å². The Morgan fingerprint density at radius 1 is 1.25 bits per heavy atom. The van der Waals surface area contributed by atoms with E-state index in [1.54, 1.807) is 12.3 Å². The number of hydrazone groups is 1. The molecule has 0 aliphatic carbocycles. The lowest BCUT2D eigenvalue weighted by atomic mass is 10.1. The Morgan fingerprint density at radius 3 is 2.71 bits per heavy atom. The summed E-state index contributed by atoms with van der Waals surface area (Å²) >= 11 is 5.22. The van der Waals surface area contributed by atoms with Crippen LogP contribution in [0.2, 0.25) is 0 Å². The van der Waals surface area contributed by atoms with Crippen LogP contribution in [-0.2, 0) is 11.3 Å². The van der Waals surface area contributed by atoms with Crippen LogP contribution in [0.5, 0.6) is 0 Å². The Hall–Kier alpha value is -3.04. The summed E-state index contributed by atoms with van der Waals surface area (Å²) in [5.74, 6) is 0. The zero-order valence-corrected chi connectivity index (χ0v) is 16.0. The summed E-state index contributed by atoms with van der Waals surface area (Å²) in [4.78, 5) is 12.8. The van der Waals surface area contributed by atoms with Gasteiger partial charge in [0, 0.05) is 43.0 Å². The molecule has 1 heterocycles. The molecule has 2 N–H and O–H groups in total. The van der Waals surface area contributed by atoms with Crippen molar-refractivity contribution in [2.75, 3.05) is 31.2 Å². The van der Waals surface area contributed by atoms with E-state index in [1.165, 1.54) is 12.1 Å². The summed E-state index contributed by atoms with van der Waals surface area (Å²) in [6, 6.07) is 14.6. The molecule has 146 valence electrons. The van der Waals surface area contributed by atoms with Gasteiger partial charge in [0.1, 0.15) is 0 Å². The molecule has 8 nitrogen and oxygen atoms in total. The smallest absolute Gasteiger partial charge is 0.270 e. The van der Waals surface area contributed by atoms with Gasteiger partial charge in [-0.25, -0.2) is 0 Å². The maximum Gasteiger partial charge on any atom is 0.270 e. The molecule has 2 aromatic rings. The molecule has 0 saturated carbocycles. The highest BCUT2D eigenvalue weighted by atomic mass is 32.1. The van der Waals surface area contributed by atoms with E-state index in [4.69, 9.17) is 17.0 Å². The van der Waals surface area contributed by atoms with Crippen LogP contribution in [0.25, 0.3) is 0 Å². The molecule has 1 saturated heterocycles. The van der Waals surface area contributed by atoms with Crippen molar-refractivity contribution in [2.45, 2.75) is 6.54 Å². The molecule has 2 aromatic carbocycles. The SMILES string of the molecule is O=[N+]([O-])c1ccc(N2CCOCC2)c(C=NNC(=S)NCc2ccccc2)c1. The average molecular weight is 399 g/mol. The van der Waals surface area contributed by atoms with E-state index in [0.717, 1.165) is 24.3 Å². The van der Waals surface area contributed by atoms with Gasteiger partial charge in [-0.05, 0) is 23.8 Å². The molecule has 0 atom stereocenters. The van der Waals surface area contributed by atoms with Crippen molar-refractivity contribution in [2.24, 2.45) is 5.10 Å². The highest BCUT2D eigenvalue weighted by Crippen LogP contribution is 2.25. The first-order valence-corrected chi connectivity index (χ1v) is 9.26. The minimum Gasteiger partial charge on any atom is -0.378 e. The summed E-state index contributed by atoms with van der Waals surface area (Å²) in [5.41, 5.74) is 5.40. The van der Waals surface area contributed by atoms with E-state index in [-0.39, 0.29) is 5.69 Å². The topological polar surface area (TPSA) is 92.0 Å². The highest BCUT2D eigenvalue weighted by Gasteiger charge is 2.17. The number of nitro groups is 1. The monoisotopic (exact) mass is 399 g/mol. The van der Waals surface area contributed by atoms with E-state index in [2.05, 4.69) is 20.7 Å². The molecule has 0 bridgehead atoms. The number of rotatable bonds is 6. The molecule has 0 amide bonds. The van der Waals surface area contributed by atoms with Crippen molar-refractivity contribution in [1.82, 2.24) is 10.7 Å². The summed E-state index contributed by atoms with van der Waals surface area (Å²) in [5, 5.41) is 18.7. The number of non-ortho nitro benzene ring substituents is 1. The molecule has 3 rings (SSSR count). The Labute approximate surface area is 168 Å². The maximum atomic E-state index is 11.1. The van der Waals surface area contributed by atoms with Gasteiger partial charge in [-0.3, -0.25) is 15.5 Å². The largest absolute Gasteiger partial charge is 0.378 e. The minimum atomic E-state index is -0.417. The Morgan fingerprint density at radius 2 is 2.00 bits per heavy atom. The number of anilines is 1. The van der Waals surface area contributed by atoms with Gasteiger partial charge in [-0.1, -0.05) is 30.3 Å². The van der Waals surface area contributed by atoms with Gasteiger partial charge < -0.3 is 15.0 Å². The van der Waals surface area contributed by atoms with Gasteiger partial charge in [0.25, 0.3) is 5.69 Å². The van der Waals surface area contributed by atoms with Gasteiger partial charge in [0.05, 0.1) is 24.4 Å². The van der Waals surface area contributed by atoms with Crippen molar-refractivity contribution >= 4 is 34.9 Å². The average Bonchev–Trinajstić information content (AvgIpc) is 2.73. The van der Waals surface area contributed by atoms with Gasteiger partial charge in [0.15, 0.2) is 5.11 Å². The van der Waals surface area contributed by atoms with Crippen molar-refractivity contribution in [3.63, 3.8) is 0 Å². The van der Waals surface area contributed by atoms with Crippen molar-refractivity contribution in [1.29, 1.82) is 0 Å². The second-order valence-corrected chi connectivity index (χ2v) is 6.55. The minimum absolute atomic E-state index is 0.0169. The number of ether oxygens (including phenoxy) is 1. The quantitative estimate of drug-likeness (QED) is 0.334. The molecule has 28 heavy (non-hydrogen) atoms. The van der Waals surface area contributed by atoms with Crippen LogP contribution in [0, 0.1) is 10.1 Å². The number of nitrogens with zero attached hydrogens (tertiary/aromatic N) is 3. The third kappa shape index (κ3) is 5.48. The van der Waals surface area contributed by atoms with Crippen molar-refractivity contribution in [3.8, 4) is 0 Å². The molecule has 1 aliphatic rings. The van der Waals surface area contributed by atoms with Crippen molar-refractivity contribution < 1.29 is 9.66 Å². The fraction of sp³-hybridized carbons (Fsp3) is 0.263. The maximum absolute atomic E-state index is 11.1. The Balaban J connectivity index is 1.66. The van der Waals surface area contributed by atoms with E-state index in [0.29, 0.717) is 30.4 Å². The number of morpholine rings is 1. The summed E-state index contributed by atoms with van der Waals surface area (Å²) in [7, 11) is 0. The summed E-state index contributed by atoms with van der Waals surface area (Å²) < 4.78 is 5.38. The zero-order valence-electron chi connectivity index (χ0n) is 15.2.